The Morgan fingerprint density at radius 1 is 1.39 bits per heavy atom. The van der Waals surface area contributed by atoms with Crippen molar-refractivity contribution in [1.82, 2.24) is 0 Å². The molecule has 1 unspecified atom stereocenters. The maximum absolute atomic E-state index is 11.3. The molecule has 2 saturated heterocycles. The Morgan fingerprint density at radius 2 is 2.11 bits per heavy atom. The highest BCUT2D eigenvalue weighted by Gasteiger charge is 2.73. The van der Waals surface area contributed by atoms with Crippen LogP contribution >= 0.6 is 11.6 Å². The first-order chi connectivity index (χ1) is 13.2. The molecule has 0 radical (unpaired) electrons. The zero-order valence-corrected chi connectivity index (χ0v) is 17.6. The summed E-state index contributed by atoms with van der Waals surface area (Å²) in [6.07, 6.45) is 5.35. The average Bonchev–Trinajstić information content (AvgIpc) is 3.01. The Morgan fingerprint density at radius 3 is 2.75 bits per heavy atom. The van der Waals surface area contributed by atoms with Gasteiger partial charge in [-0.2, -0.15) is 0 Å². The third-order valence-electron chi connectivity index (χ3n) is 8.07. The molecule has 1 spiro atoms. The van der Waals surface area contributed by atoms with Gasteiger partial charge in [0.2, 0.25) is 0 Å². The third kappa shape index (κ3) is 2.02. The molecule has 1 aromatic rings. The molecule has 2 aliphatic heterocycles. The molecule has 154 valence electrons. The second kappa shape index (κ2) is 5.86. The summed E-state index contributed by atoms with van der Waals surface area (Å²) < 4.78 is 17.6. The highest BCUT2D eigenvalue weighted by Crippen LogP contribution is 2.69. The fourth-order valence-electron chi connectivity index (χ4n) is 6.53. The Kier molecular flexibility index (Phi) is 4.00. The third-order valence-corrected chi connectivity index (χ3v) is 8.55. The van der Waals surface area contributed by atoms with Crippen LogP contribution < -0.4 is 0 Å². The molecule has 2 N–H and O–H groups in total. The van der Waals surface area contributed by atoms with Crippen LogP contribution in [0.25, 0.3) is 0 Å². The molecule has 7 atom stereocenters. The first kappa shape index (κ1) is 19.1. The molecule has 1 saturated carbocycles. The van der Waals surface area contributed by atoms with E-state index in [1.807, 2.05) is 26.2 Å². The molecule has 28 heavy (non-hydrogen) atoms. The zero-order chi connectivity index (χ0) is 20.1. The molecule has 0 aromatic carbocycles. The minimum atomic E-state index is -1.40. The predicted molar refractivity (Wildman–Crippen MR) is 104 cm³/mol. The van der Waals surface area contributed by atoms with Crippen LogP contribution in [0, 0.1) is 11.3 Å². The number of ether oxygens (including phenoxy) is 2. The lowest BCUT2D eigenvalue weighted by Crippen LogP contribution is -2.77. The van der Waals surface area contributed by atoms with E-state index in [1.54, 1.807) is 7.11 Å². The summed E-state index contributed by atoms with van der Waals surface area (Å²) in [5, 5.41) is 21.9. The summed E-state index contributed by atoms with van der Waals surface area (Å²) in [4.78, 5) is 0. The first-order valence-corrected chi connectivity index (χ1v) is 10.7. The largest absolute Gasteiger partial charge is 0.466 e. The number of aliphatic hydroxyl groups is 2. The molecule has 5 aliphatic rings. The van der Waals surface area contributed by atoms with Gasteiger partial charge in [-0.15, -0.1) is 11.6 Å². The van der Waals surface area contributed by atoms with Crippen LogP contribution in [0.3, 0.4) is 0 Å². The minimum absolute atomic E-state index is 0.00660. The molecule has 2 bridgehead atoms. The number of aliphatic hydroxyl groups excluding tert-OH is 1. The van der Waals surface area contributed by atoms with Crippen LogP contribution in [-0.4, -0.2) is 46.1 Å². The second-order valence-corrected chi connectivity index (χ2v) is 10.1. The highest BCUT2D eigenvalue weighted by atomic mass is 35.5. The van der Waals surface area contributed by atoms with E-state index in [0.29, 0.717) is 13.0 Å². The van der Waals surface area contributed by atoms with Crippen molar-refractivity contribution in [3.8, 4) is 0 Å². The Hall–Kier alpha value is -0.850. The topological polar surface area (TPSA) is 72.1 Å². The number of halogens is 1. The van der Waals surface area contributed by atoms with Gasteiger partial charge in [-0.1, -0.05) is 26.8 Å². The van der Waals surface area contributed by atoms with Crippen molar-refractivity contribution in [2.75, 3.05) is 7.11 Å². The van der Waals surface area contributed by atoms with Crippen molar-refractivity contribution in [3.05, 3.63) is 34.8 Å². The lowest BCUT2D eigenvalue weighted by molar-refractivity contribution is -0.312. The van der Waals surface area contributed by atoms with Gasteiger partial charge in [0.15, 0.2) is 0 Å². The fourth-order valence-corrected chi connectivity index (χ4v) is 7.02. The minimum Gasteiger partial charge on any atom is -0.466 e. The Bertz CT molecular complexity index is 838. The van der Waals surface area contributed by atoms with Gasteiger partial charge in [0, 0.05) is 30.4 Å². The first-order valence-electron chi connectivity index (χ1n) is 10.2. The molecule has 6 rings (SSSR count). The number of hydrogen-bond acceptors (Lipinski definition) is 5. The summed E-state index contributed by atoms with van der Waals surface area (Å²) in [6, 6.07) is 0. The van der Waals surface area contributed by atoms with E-state index in [2.05, 4.69) is 6.92 Å². The van der Waals surface area contributed by atoms with E-state index in [1.165, 1.54) is 11.1 Å². The van der Waals surface area contributed by atoms with Gasteiger partial charge in [-0.05, 0) is 29.9 Å². The lowest BCUT2D eigenvalue weighted by atomic mass is 9.45. The maximum Gasteiger partial charge on any atom is 0.132 e. The van der Waals surface area contributed by atoms with E-state index < -0.39 is 22.7 Å². The van der Waals surface area contributed by atoms with Crippen LogP contribution in [0.15, 0.2) is 22.3 Å². The molecule has 3 heterocycles. The van der Waals surface area contributed by atoms with E-state index in [-0.39, 0.29) is 23.4 Å². The molecule has 3 aliphatic carbocycles. The Balaban J connectivity index is 1.62. The van der Waals surface area contributed by atoms with Gasteiger partial charge in [0.1, 0.15) is 29.7 Å². The van der Waals surface area contributed by atoms with Gasteiger partial charge in [-0.25, -0.2) is 0 Å². The molecule has 6 heteroatoms. The second-order valence-electron chi connectivity index (χ2n) is 9.60. The molecule has 0 amide bonds. The number of alkyl halides is 1. The van der Waals surface area contributed by atoms with E-state index >= 15 is 0 Å². The number of rotatable bonds is 3. The summed E-state index contributed by atoms with van der Waals surface area (Å²) in [6.45, 7) is 6.52. The summed E-state index contributed by atoms with van der Waals surface area (Å²) >= 11 is 6.67. The van der Waals surface area contributed by atoms with Crippen LogP contribution in [0.2, 0.25) is 0 Å². The molecule has 1 aromatic heterocycles. The Labute approximate surface area is 170 Å². The number of fused-ring (bicyclic) bond motifs is 1. The standard InChI is InChI=1S/C22H29ClO5/c1-11(2)22(25)17(23)7-16-20(3)6-5-12-13(9-27-15(12)10-26-4)18(20)14-8-21(16,28-14)19(22)24/h7,9,11,14,17-19,24-25H,5-6,8,10H2,1-4H3/t14?,17-,18-,19+,20-,21+,22+/m1/s1. The molecule has 5 nitrogen and oxygen atoms in total. The molecular weight excluding hydrogens is 380 g/mol. The predicted octanol–water partition coefficient (Wildman–Crippen LogP) is 3.30. The summed E-state index contributed by atoms with van der Waals surface area (Å²) in [5.74, 6) is 0.881. The lowest BCUT2D eigenvalue weighted by Gasteiger charge is -2.70. The van der Waals surface area contributed by atoms with Gasteiger partial charge in [0.05, 0.1) is 17.7 Å². The normalized spacial score (nSPS) is 46.4. The maximum atomic E-state index is 11.3. The van der Waals surface area contributed by atoms with Crippen LogP contribution in [0.4, 0.5) is 0 Å². The van der Waals surface area contributed by atoms with Crippen molar-refractivity contribution in [1.29, 1.82) is 0 Å². The van der Waals surface area contributed by atoms with E-state index in [4.69, 9.17) is 25.5 Å². The van der Waals surface area contributed by atoms with Crippen molar-refractivity contribution >= 4 is 11.6 Å². The number of methoxy groups -OCH3 is 1. The van der Waals surface area contributed by atoms with Crippen molar-refractivity contribution in [3.63, 3.8) is 0 Å². The molecule has 3 fully saturated rings. The van der Waals surface area contributed by atoms with Crippen LogP contribution in [0.5, 0.6) is 0 Å². The van der Waals surface area contributed by atoms with Gasteiger partial charge in [-0.3, -0.25) is 0 Å². The van der Waals surface area contributed by atoms with Crippen LogP contribution in [-0.2, 0) is 22.5 Å². The smallest absolute Gasteiger partial charge is 0.132 e. The van der Waals surface area contributed by atoms with E-state index in [9.17, 15) is 10.2 Å². The highest BCUT2D eigenvalue weighted by molar-refractivity contribution is 6.23. The molecular formula is C22H29ClO5. The van der Waals surface area contributed by atoms with Crippen molar-refractivity contribution in [2.45, 2.75) is 81.3 Å². The van der Waals surface area contributed by atoms with Crippen LogP contribution in [0.1, 0.15) is 56.4 Å². The van der Waals surface area contributed by atoms with Crippen molar-refractivity contribution < 1.29 is 24.1 Å². The monoisotopic (exact) mass is 408 g/mol. The summed E-state index contributed by atoms with van der Waals surface area (Å²) in [7, 11) is 1.68. The fraction of sp³-hybridized carbons (Fsp3) is 0.727. The van der Waals surface area contributed by atoms with E-state index in [0.717, 1.165) is 24.2 Å². The SMILES string of the molecule is COCc1occ2c1CC[C@]1(C)C3=C[C@@H](Cl)[C@@](O)(C(C)C)[C@@H](O)[C@]34CC(O4)[C@@H]21. The average molecular weight is 409 g/mol. The number of furan rings is 1. The zero-order valence-electron chi connectivity index (χ0n) is 16.9. The van der Waals surface area contributed by atoms with Gasteiger partial charge < -0.3 is 24.1 Å². The van der Waals surface area contributed by atoms with Crippen molar-refractivity contribution in [2.24, 2.45) is 11.3 Å². The quantitative estimate of drug-likeness (QED) is 0.593. The number of hydrogen-bond donors (Lipinski definition) is 2. The van der Waals surface area contributed by atoms with Gasteiger partial charge in [0.25, 0.3) is 0 Å². The summed E-state index contributed by atoms with van der Waals surface area (Å²) in [5.41, 5.74) is 1.10. The van der Waals surface area contributed by atoms with Gasteiger partial charge >= 0.3 is 0 Å².